The number of nitrogens with zero attached hydrogens (tertiary/aromatic N) is 2. The molecule has 1 amide bonds. The smallest absolute Gasteiger partial charge is 0.227 e. The van der Waals surface area contributed by atoms with Crippen molar-refractivity contribution in [3.8, 4) is 0 Å². The van der Waals surface area contributed by atoms with Crippen LogP contribution in [0.4, 0.5) is 0 Å². The standard InChI is InChI=1S/C20H28N2O2/c1-15-8-9-18-16(14-24-19(18)12-15)13-20(23)22(11-10-21(2)3)17-6-4-5-7-17/h8-9,12,14,17H,4-7,10-11,13H2,1-3H3. The fraction of sp³-hybridized carbons (Fsp3) is 0.550. The van der Waals surface area contributed by atoms with Gasteiger partial charge in [-0.3, -0.25) is 4.79 Å². The Balaban J connectivity index is 1.76. The zero-order valence-corrected chi connectivity index (χ0v) is 15.0. The quantitative estimate of drug-likeness (QED) is 0.813. The molecule has 130 valence electrons. The van der Waals surface area contributed by atoms with Crippen molar-refractivity contribution in [1.82, 2.24) is 9.80 Å². The van der Waals surface area contributed by atoms with Gasteiger partial charge in [-0.1, -0.05) is 25.0 Å². The molecule has 1 aromatic heterocycles. The third kappa shape index (κ3) is 3.81. The summed E-state index contributed by atoms with van der Waals surface area (Å²) in [5.74, 6) is 0.229. The maximum absolute atomic E-state index is 13.0. The predicted octanol–water partition coefficient (Wildman–Crippen LogP) is 3.62. The molecule has 1 saturated carbocycles. The van der Waals surface area contributed by atoms with Crippen LogP contribution in [-0.2, 0) is 11.2 Å². The fourth-order valence-electron chi connectivity index (χ4n) is 3.63. The summed E-state index contributed by atoms with van der Waals surface area (Å²) in [6.07, 6.45) is 6.95. The van der Waals surface area contributed by atoms with Crippen molar-refractivity contribution < 1.29 is 9.21 Å². The summed E-state index contributed by atoms with van der Waals surface area (Å²) < 4.78 is 5.66. The molecule has 0 radical (unpaired) electrons. The monoisotopic (exact) mass is 328 g/mol. The highest BCUT2D eigenvalue weighted by Crippen LogP contribution is 2.26. The molecule has 1 fully saturated rings. The molecule has 0 spiro atoms. The molecule has 3 rings (SSSR count). The lowest BCUT2D eigenvalue weighted by molar-refractivity contribution is -0.132. The number of fused-ring (bicyclic) bond motifs is 1. The molecule has 1 aliphatic carbocycles. The van der Waals surface area contributed by atoms with E-state index in [1.165, 1.54) is 18.4 Å². The van der Waals surface area contributed by atoms with Crippen LogP contribution in [0.2, 0.25) is 0 Å². The maximum Gasteiger partial charge on any atom is 0.227 e. The van der Waals surface area contributed by atoms with Gasteiger partial charge in [0.1, 0.15) is 5.58 Å². The summed E-state index contributed by atoms with van der Waals surface area (Å²) >= 11 is 0. The normalized spacial score (nSPS) is 15.5. The molecule has 4 heteroatoms. The zero-order valence-electron chi connectivity index (χ0n) is 15.0. The average Bonchev–Trinajstić information content (AvgIpc) is 3.17. The van der Waals surface area contributed by atoms with Crippen LogP contribution >= 0.6 is 0 Å². The highest BCUT2D eigenvalue weighted by atomic mass is 16.3. The Hall–Kier alpha value is -1.81. The van der Waals surface area contributed by atoms with Crippen LogP contribution in [-0.4, -0.2) is 48.9 Å². The Labute approximate surface area is 144 Å². The maximum atomic E-state index is 13.0. The number of likely N-dealkylation sites (N-methyl/N-ethyl adjacent to an activating group) is 1. The second-order valence-electron chi connectivity index (χ2n) is 7.27. The van der Waals surface area contributed by atoms with Gasteiger partial charge in [0.2, 0.25) is 5.91 Å². The molecule has 1 heterocycles. The van der Waals surface area contributed by atoms with Crippen molar-refractivity contribution in [2.45, 2.75) is 45.1 Å². The molecular formula is C20H28N2O2. The number of hydrogen-bond donors (Lipinski definition) is 0. The van der Waals surface area contributed by atoms with Crippen LogP contribution < -0.4 is 0 Å². The lowest BCUT2D eigenvalue weighted by Crippen LogP contribution is -2.43. The lowest BCUT2D eigenvalue weighted by atomic mass is 10.1. The molecule has 24 heavy (non-hydrogen) atoms. The number of benzene rings is 1. The molecule has 4 nitrogen and oxygen atoms in total. The van der Waals surface area contributed by atoms with Gasteiger partial charge in [-0.05, 0) is 45.5 Å². The molecule has 0 unspecified atom stereocenters. The zero-order chi connectivity index (χ0) is 17.1. The summed E-state index contributed by atoms with van der Waals surface area (Å²) in [6, 6.07) is 6.59. The molecular weight excluding hydrogens is 300 g/mol. The van der Waals surface area contributed by atoms with Crippen molar-refractivity contribution in [2.24, 2.45) is 0 Å². The molecule has 1 aliphatic rings. The minimum absolute atomic E-state index is 0.229. The third-order valence-corrected chi connectivity index (χ3v) is 5.03. The number of carbonyl (C=O) groups is 1. The van der Waals surface area contributed by atoms with Gasteiger partial charge in [-0.25, -0.2) is 0 Å². The first kappa shape index (κ1) is 17.0. The number of carbonyl (C=O) groups excluding carboxylic acids is 1. The van der Waals surface area contributed by atoms with E-state index in [-0.39, 0.29) is 5.91 Å². The van der Waals surface area contributed by atoms with Gasteiger partial charge in [0.25, 0.3) is 0 Å². The Kier molecular flexibility index (Phi) is 5.24. The van der Waals surface area contributed by atoms with E-state index in [0.717, 1.165) is 42.5 Å². The van der Waals surface area contributed by atoms with Gasteiger partial charge in [-0.15, -0.1) is 0 Å². The summed E-state index contributed by atoms with van der Waals surface area (Å²) in [7, 11) is 4.12. The minimum atomic E-state index is 0.229. The van der Waals surface area contributed by atoms with Crippen molar-refractivity contribution in [3.63, 3.8) is 0 Å². The van der Waals surface area contributed by atoms with Crippen LogP contribution in [0.3, 0.4) is 0 Å². The molecule has 0 saturated heterocycles. The molecule has 0 bridgehead atoms. The number of aryl methyl sites for hydroxylation is 1. The summed E-state index contributed by atoms with van der Waals surface area (Å²) in [5, 5.41) is 1.06. The van der Waals surface area contributed by atoms with Gasteiger partial charge in [-0.2, -0.15) is 0 Å². The van der Waals surface area contributed by atoms with E-state index >= 15 is 0 Å². The molecule has 0 atom stereocenters. The van der Waals surface area contributed by atoms with E-state index in [9.17, 15) is 4.79 Å². The van der Waals surface area contributed by atoms with Gasteiger partial charge in [0, 0.05) is 30.1 Å². The Bertz CT molecular complexity index is 699. The highest BCUT2D eigenvalue weighted by molar-refractivity contribution is 5.88. The highest BCUT2D eigenvalue weighted by Gasteiger charge is 2.27. The molecule has 1 aromatic carbocycles. The van der Waals surface area contributed by atoms with Crippen molar-refractivity contribution >= 4 is 16.9 Å². The summed E-state index contributed by atoms with van der Waals surface area (Å²) in [6.45, 7) is 3.77. The summed E-state index contributed by atoms with van der Waals surface area (Å²) in [4.78, 5) is 17.2. The van der Waals surface area contributed by atoms with Crippen molar-refractivity contribution in [2.75, 3.05) is 27.2 Å². The van der Waals surface area contributed by atoms with Crippen molar-refractivity contribution in [3.05, 3.63) is 35.6 Å². The number of amides is 1. The van der Waals surface area contributed by atoms with E-state index in [1.807, 2.05) is 6.07 Å². The number of furan rings is 1. The van der Waals surface area contributed by atoms with Gasteiger partial charge >= 0.3 is 0 Å². The fourth-order valence-corrected chi connectivity index (χ4v) is 3.63. The third-order valence-electron chi connectivity index (χ3n) is 5.03. The SMILES string of the molecule is Cc1ccc2c(CC(=O)N(CCN(C)C)C3CCCC3)coc2c1. The van der Waals surface area contributed by atoms with Crippen LogP contribution in [0.15, 0.2) is 28.9 Å². The molecule has 0 aliphatic heterocycles. The average molecular weight is 328 g/mol. The first-order valence-corrected chi connectivity index (χ1v) is 8.95. The lowest BCUT2D eigenvalue weighted by Gasteiger charge is -2.30. The van der Waals surface area contributed by atoms with Crippen LogP contribution in [0.1, 0.15) is 36.8 Å². The summed E-state index contributed by atoms with van der Waals surface area (Å²) in [5.41, 5.74) is 3.05. The van der Waals surface area contributed by atoms with Crippen LogP contribution in [0, 0.1) is 6.92 Å². The van der Waals surface area contributed by atoms with E-state index in [0.29, 0.717) is 12.5 Å². The topological polar surface area (TPSA) is 36.7 Å². The van der Waals surface area contributed by atoms with Gasteiger partial charge < -0.3 is 14.2 Å². The number of rotatable bonds is 6. The first-order valence-electron chi connectivity index (χ1n) is 8.95. The van der Waals surface area contributed by atoms with E-state index < -0.39 is 0 Å². The van der Waals surface area contributed by atoms with Crippen LogP contribution in [0.5, 0.6) is 0 Å². The van der Waals surface area contributed by atoms with Gasteiger partial charge in [0.15, 0.2) is 0 Å². The van der Waals surface area contributed by atoms with E-state index in [1.54, 1.807) is 6.26 Å². The Morgan fingerprint density at radius 2 is 1.96 bits per heavy atom. The minimum Gasteiger partial charge on any atom is -0.464 e. The largest absolute Gasteiger partial charge is 0.464 e. The first-order chi connectivity index (χ1) is 11.5. The Morgan fingerprint density at radius 3 is 2.67 bits per heavy atom. The molecule has 0 N–H and O–H groups in total. The Morgan fingerprint density at radius 1 is 1.21 bits per heavy atom. The van der Waals surface area contributed by atoms with E-state index in [4.69, 9.17) is 4.42 Å². The van der Waals surface area contributed by atoms with Crippen LogP contribution in [0.25, 0.3) is 11.0 Å². The number of hydrogen-bond acceptors (Lipinski definition) is 3. The second kappa shape index (κ2) is 7.39. The predicted molar refractivity (Wildman–Crippen MR) is 97.2 cm³/mol. The molecule has 2 aromatic rings. The van der Waals surface area contributed by atoms with Crippen molar-refractivity contribution in [1.29, 1.82) is 0 Å². The second-order valence-corrected chi connectivity index (χ2v) is 7.27. The van der Waals surface area contributed by atoms with E-state index in [2.05, 4.69) is 43.0 Å². The van der Waals surface area contributed by atoms with Gasteiger partial charge in [0.05, 0.1) is 12.7 Å².